The number of aryl methyl sites for hydroxylation is 1. The molecule has 0 radical (unpaired) electrons. The Kier molecular flexibility index (Phi) is 5.91. The molecular formula is C17H22N4O2. The second-order valence-electron chi connectivity index (χ2n) is 5.61. The zero-order valence-corrected chi connectivity index (χ0v) is 13.5. The standard InChI is InChI=1S/C17H22N4O2/c1-13(2)14-6-3-7-15(12-14)20-17(23)16(22)18-8-4-10-21-11-5-9-19-21/h3,5-7,9,11-13H,4,8,10H2,1-2H3,(H,18,22)(H,20,23). The van der Waals surface area contributed by atoms with Gasteiger partial charge in [0.05, 0.1) is 0 Å². The molecule has 1 aromatic carbocycles. The molecular weight excluding hydrogens is 292 g/mol. The SMILES string of the molecule is CC(C)c1cccc(NC(=O)C(=O)NCCCn2cccn2)c1. The van der Waals surface area contributed by atoms with Gasteiger partial charge in [-0.15, -0.1) is 0 Å². The second-order valence-corrected chi connectivity index (χ2v) is 5.61. The Bertz CT molecular complexity index is 650. The molecule has 0 spiro atoms. The molecule has 1 aromatic heterocycles. The number of carbonyl (C=O) groups is 2. The fraction of sp³-hybridized carbons (Fsp3) is 0.353. The van der Waals surface area contributed by atoms with E-state index in [1.807, 2.05) is 30.5 Å². The number of hydrogen-bond acceptors (Lipinski definition) is 3. The molecule has 2 N–H and O–H groups in total. The number of rotatable bonds is 6. The van der Waals surface area contributed by atoms with Crippen LogP contribution < -0.4 is 10.6 Å². The van der Waals surface area contributed by atoms with Gasteiger partial charge in [0.15, 0.2) is 0 Å². The van der Waals surface area contributed by atoms with E-state index in [9.17, 15) is 9.59 Å². The Morgan fingerprint density at radius 1 is 1.22 bits per heavy atom. The number of amides is 2. The van der Waals surface area contributed by atoms with Crippen molar-refractivity contribution in [3.8, 4) is 0 Å². The van der Waals surface area contributed by atoms with Crippen LogP contribution in [0.1, 0.15) is 31.7 Å². The first-order valence-corrected chi connectivity index (χ1v) is 7.73. The first-order valence-electron chi connectivity index (χ1n) is 7.73. The number of nitrogens with zero attached hydrogens (tertiary/aromatic N) is 2. The lowest BCUT2D eigenvalue weighted by molar-refractivity contribution is -0.136. The van der Waals surface area contributed by atoms with Gasteiger partial charge in [0, 0.05) is 31.2 Å². The van der Waals surface area contributed by atoms with Crippen LogP contribution in [0.15, 0.2) is 42.7 Å². The van der Waals surface area contributed by atoms with Crippen molar-refractivity contribution in [1.29, 1.82) is 0 Å². The van der Waals surface area contributed by atoms with Crippen LogP contribution in [0, 0.1) is 0 Å². The Labute approximate surface area is 135 Å². The monoisotopic (exact) mass is 314 g/mol. The first kappa shape index (κ1) is 16.7. The third kappa shape index (κ3) is 5.25. The van der Waals surface area contributed by atoms with Crippen LogP contribution >= 0.6 is 0 Å². The molecule has 0 atom stereocenters. The van der Waals surface area contributed by atoms with E-state index in [4.69, 9.17) is 0 Å². The lowest BCUT2D eigenvalue weighted by Gasteiger charge is -2.10. The van der Waals surface area contributed by atoms with Crippen molar-refractivity contribution in [1.82, 2.24) is 15.1 Å². The molecule has 23 heavy (non-hydrogen) atoms. The number of aromatic nitrogens is 2. The van der Waals surface area contributed by atoms with Crippen LogP contribution in [0.2, 0.25) is 0 Å². The summed E-state index contributed by atoms with van der Waals surface area (Å²) in [6, 6.07) is 9.36. The van der Waals surface area contributed by atoms with E-state index in [-0.39, 0.29) is 0 Å². The van der Waals surface area contributed by atoms with E-state index in [1.54, 1.807) is 16.9 Å². The first-order chi connectivity index (χ1) is 11.1. The molecule has 1 heterocycles. The van der Waals surface area contributed by atoms with E-state index in [1.165, 1.54) is 0 Å². The Balaban J connectivity index is 1.76. The molecule has 0 bridgehead atoms. The maximum Gasteiger partial charge on any atom is 0.313 e. The van der Waals surface area contributed by atoms with E-state index in [2.05, 4.69) is 29.6 Å². The van der Waals surface area contributed by atoms with Crippen molar-refractivity contribution in [2.24, 2.45) is 0 Å². The van der Waals surface area contributed by atoms with Crippen LogP contribution in [-0.4, -0.2) is 28.1 Å². The summed E-state index contributed by atoms with van der Waals surface area (Å²) in [7, 11) is 0. The van der Waals surface area contributed by atoms with Gasteiger partial charge in [0.25, 0.3) is 0 Å². The van der Waals surface area contributed by atoms with Gasteiger partial charge < -0.3 is 10.6 Å². The summed E-state index contributed by atoms with van der Waals surface area (Å²) in [6.45, 7) is 5.28. The highest BCUT2D eigenvalue weighted by molar-refractivity contribution is 6.39. The minimum Gasteiger partial charge on any atom is -0.348 e. The molecule has 0 fully saturated rings. The van der Waals surface area contributed by atoms with Crippen LogP contribution in [0.25, 0.3) is 0 Å². The van der Waals surface area contributed by atoms with Crippen LogP contribution in [0.3, 0.4) is 0 Å². The number of carbonyl (C=O) groups excluding carboxylic acids is 2. The number of nitrogens with one attached hydrogen (secondary N) is 2. The average Bonchev–Trinajstić information content (AvgIpc) is 3.05. The molecule has 0 aliphatic heterocycles. The van der Waals surface area contributed by atoms with E-state index in [0.29, 0.717) is 31.1 Å². The fourth-order valence-electron chi connectivity index (χ4n) is 2.12. The molecule has 122 valence electrons. The fourth-order valence-corrected chi connectivity index (χ4v) is 2.12. The quantitative estimate of drug-likeness (QED) is 0.633. The van der Waals surface area contributed by atoms with Crippen LogP contribution in [-0.2, 0) is 16.1 Å². The van der Waals surface area contributed by atoms with Crippen molar-refractivity contribution in [3.05, 3.63) is 48.3 Å². The summed E-state index contributed by atoms with van der Waals surface area (Å²) in [5.41, 5.74) is 1.75. The van der Waals surface area contributed by atoms with Gasteiger partial charge >= 0.3 is 11.8 Å². The molecule has 2 aromatic rings. The van der Waals surface area contributed by atoms with Crippen LogP contribution in [0.5, 0.6) is 0 Å². The highest BCUT2D eigenvalue weighted by Gasteiger charge is 2.13. The smallest absolute Gasteiger partial charge is 0.313 e. The van der Waals surface area contributed by atoms with Gasteiger partial charge in [-0.1, -0.05) is 26.0 Å². The highest BCUT2D eigenvalue weighted by atomic mass is 16.2. The lowest BCUT2D eigenvalue weighted by Crippen LogP contribution is -2.36. The lowest BCUT2D eigenvalue weighted by atomic mass is 10.0. The number of benzene rings is 1. The molecule has 0 saturated heterocycles. The summed E-state index contributed by atoms with van der Waals surface area (Å²) in [4.78, 5) is 23.7. The third-order valence-corrected chi connectivity index (χ3v) is 3.43. The van der Waals surface area contributed by atoms with Gasteiger partial charge in [-0.3, -0.25) is 14.3 Å². The third-order valence-electron chi connectivity index (χ3n) is 3.43. The number of anilines is 1. The van der Waals surface area contributed by atoms with Crippen molar-refractivity contribution in [3.63, 3.8) is 0 Å². The van der Waals surface area contributed by atoms with Gasteiger partial charge in [0.1, 0.15) is 0 Å². The summed E-state index contributed by atoms with van der Waals surface area (Å²) < 4.78 is 1.78. The largest absolute Gasteiger partial charge is 0.348 e. The highest BCUT2D eigenvalue weighted by Crippen LogP contribution is 2.18. The molecule has 0 saturated carbocycles. The zero-order valence-electron chi connectivity index (χ0n) is 13.5. The minimum atomic E-state index is -0.648. The van der Waals surface area contributed by atoms with Crippen molar-refractivity contribution < 1.29 is 9.59 Å². The summed E-state index contributed by atoms with van der Waals surface area (Å²) in [5, 5.41) is 9.30. The topological polar surface area (TPSA) is 76.0 Å². The molecule has 0 unspecified atom stereocenters. The molecule has 0 aliphatic carbocycles. The van der Waals surface area contributed by atoms with E-state index >= 15 is 0 Å². The maximum atomic E-state index is 11.9. The molecule has 6 nitrogen and oxygen atoms in total. The van der Waals surface area contributed by atoms with Gasteiger partial charge in [0.2, 0.25) is 0 Å². The number of hydrogen-bond donors (Lipinski definition) is 2. The minimum absolute atomic E-state index is 0.364. The summed E-state index contributed by atoms with van der Waals surface area (Å²) in [6.07, 6.45) is 4.27. The molecule has 2 amide bonds. The summed E-state index contributed by atoms with van der Waals surface area (Å²) >= 11 is 0. The normalized spacial score (nSPS) is 10.6. The second kappa shape index (κ2) is 8.12. The molecule has 2 rings (SSSR count). The average molecular weight is 314 g/mol. The molecule has 6 heteroatoms. The van der Waals surface area contributed by atoms with Crippen LogP contribution in [0.4, 0.5) is 5.69 Å². The van der Waals surface area contributed by atoms with E-state index < -0.39 is 11.8 Å². The van der Waals surface area contributed by atoms with Crippen molar-refractivity contribution in [2.45, 2.75) is 32.7 Å². The van der Waals surface area contributed by atoms with Crippen molar-refractivity contribution >= 4 is 17.5 Å². The Morgan fingerprint density at radius 3 is 2.74 bits per heavy atom. The summed E-state index contributed by atoms with van der Waals surface area (Å²) in [5.74, 6) is -0.909. The Hall–Kier alpha value is -2.63. The van der Waals surface area contributed by atoms with Gasteiger partial charge in [-0.2, -0.15) is 5.10 Å². The van der Waals surface area contributed by atoms with Gasteiger partial charge in [-0.05, 0) is 36.1 Å². The Morgan fingerprint density at radius 2 is 2.04 bits per heavy atom. The van der Waals surface area contributed by atoms with Gasteiger partial charge in [-0.25, -0.2) is 0 Å². The zero-order chi connectivity index (χ0) is 16.7. The molecule has 0 aliphatic rings. The predicted molar refractivity (Wildman–Crippen MR) is 89.0 cm³/mol. The van der Waals surface area contributed by atoms with E-state index in [0.717, 1.165) is 5.56 Å². The van der Waals surface area contributed by atoms with Crippen molar-refractivity contribution in [2.75, 3.05) is 11.9 Å². The maximum absolute atomic E-state index is 11.9. The predicted octanol–water partition coefficient (Wildman–Crippen LogP) is 2.15.